The summed E-state index contributed by atoms with van der Waals surface area (Å²) in [6, 6.07) is 13.2. The first-order chi connectivity index (χ1) is 14.7. The Morgan fingerprint density at radius 3 is 2.42 bits per heavy atom. The third-order valence-electron chi connectivity index (χ3n) is 6.34. The molecule has 0 aliphatic heterocycles. The number of nitrogens with zero attached hydrogens (tertiary/aromatic N) is 1. The van der Waals surface area contributed by atoms with Crippen LogP contribution in [0.15, 0.2) is 48.5 Å². The lowest BCUT2D eigenvalue weighted by Crippen LogP contribution is -2.43. The largest absolute Gasteiger partial charge is 0.478 e. The molecule has 1 N–H and O–H groups in total. The number of hydrogen-bond acceptors (Lipinski definition) is 6. The van der Waals surface area contributed by atoms with E-state index in [9.17, 15) is 28.4 Å². The van der Waals surface area contributed by atoms with Crippen LogP contribution in [0.1, 0.15) is 53.1 Å². The molecule has 2 fully saturated rings. The molecule has 2 aromatic rings. The molecule has 2 saturated carbocycles. The van der Waals surface area contributed by atoms with Gasteiger partial charge in [0, 0.05) is 12.1 Å². The van der Waals surface area contributed by atoms with Gasteiger partial charge >= 0.3 is 5.97 Å². The maximum atomic E-state index is 13.2. The van der Waals surface area contributed by atoms with E-state index in [0.29, 0.717) is 25.0 Å². The van der Waals surface area contributed by atoms with E-state index in [2.05, 4.69) is 0 Å². The van der Waals surface area contributed by atoms with Crippen molar-refractivity contribution >= 4 is 21.5 Å². The zero-order chi connectivity index (χ0) is 22.2. The summed E-state index contributed by atoms with van der Waals surface area (Å²) >= 11 is 0. The van der Waals surface area contributed by atoms with Crippen molar-refractivity contribution in [3.8, 4) is 0 Å². The topological polar surface area (TPSA) is 124 Å². The van der Waals surface area contributed by atoms with Crippen molar-refractivity contribution in [1.29, 1.82) is 0 Å². The number of sulfone groups is 1. The smallest absolute Gasteiger partial charge is 0.335 e. The summed E-state index contributed by atoms with van der Waals surface area (Å²) in [5.41, 5.74) is 1.10. The van der Waals surface area contributed by atoms with Gasteiger partial charge < -0.3 is 9.84 Å². The van der Waals surface area contributed by atoms with Crippen LogP contribution in [-0.4, -0.2) is 41.0 Å². The van der Waals surface area contributed by atoms with Gasteiger partial charge in [0.05, 0.1) is 33.7 Å². The molecule has 164 valence electrons. The van der Waals surface area contributed by atoms with E-state index >= 15 is 0 Å². The van der Waals surface area contributed by atoms with E-state index in [0.717, 1.165) is 11.6 Å². The molecule has 0 bridgehead atoms. The molecule has 0 heterocycles. The molecule has 2 aliphatic rings. The van der Waals surface area contributed by atoms with Gasteiger partial charge in [-0.25, -0.2) is 13.2 Å². The van der Waals surface area contributed by atoms with Crippen molar-refractivity contribution in [1.82, 2.24) is 0 Å². The number of non-ortho nitro benzene ring substituents is 1. The summed E-state index contributed by atoms with van der Waals surface area (Å²) in [6.07, 6.45) is 1.65. The monoisotopic (exact) mass is 445 g/mol. The molecule has 4 rings (SSSR count). The number of hydrogen-bond donors (Lipinski definition) is 1. The van der Waals surface area contributed by atoms with Crippen molar-refractivity contribution in [2.24, 2.45) is 0 Å². The van der Waals surface area contributed by atoms with Crippen molar-refractivity contribution in [3.63, 3.8) is 0 Å². The van der Waals surface area contributed by atoms with Crippen LogP contribution < -0.4 is 0 Å². The Kier molecular flexibility index (Phi) is 5.57. The molecule has 0 atom stereocenters. The summed E-state index contributed by atoms with van der Waals surface area (Å²) in [6.45, 7) is 0.490. The molecule has 2 aliphatic carbocycles. The van der Waals surface area contributed by atoms with Gasteiger partial charge in [-0.15, -0.1) is 0 Å². The van der Waals surface area contributed by atoms with Gasteiger partial charge in [-0.05, 0) is 48.8 Å². The van der Waals surface area contributed by atoms with Gasteiger partial charge in [0.15, 0.2) is 9.84 Å². The van der Waals surface area contributed by atoms with Crippen LogP contribution in [0, 0.1) is 10.1 Å². The van der Waals surface area contributed by atoms with Gasteiger partial charge in [0.2, 0.25) is 0 Å². The van der Waals surface area contributed by atoms with Gasteiger partial charge in [-0.1, -0.05) is 30.3 Å². The molecule has 0 amide bonds. The number of ether oxygens (including phenoxy) is 1. The van der Waals surface area contributed by atoms with Crippen molar-refractivity contribution in [2.45, 2.75) is 48.2 Å². The van der Waals surface area contributed by atoms with Gasteiger partial charge in [-0.3, -0.25) is 10.1 Å². The third kappa shape index (κ3) is 4.07. The highest BCUT2D eigenvalue weighted by molar-refractivity contribution is 7.93. The van der Waals surface area contributed by atoms with E-state index < -0.39 is 30.7 Å². The first-order valence-corrected chi connectivity index (χ1v) is 11.6. The minimum absolute atomic E-state index is 0.0150. The quantitative estimate of drug-likeness (QED) is 0.461. The number of carboxylic acids is 1. The standard InChI is InChI=1S/C22H23NO7S/c24-21(25)19-7-6-17(23(26)27)12-20(19)16-10-18(11-16)31(28,29)22(8-9-22)14-30-13-15-4-2-1-3-5-15/h1-7,12,16,18H,8-11,13-14H2,(H,24,25). The lowest BCUT2D eigenvalue weighted by atomic mass is 9.77. The Morgan fingerprint density at radius 2 is 1.84 bits per heavy atom. The van der Waals surface area contributed by atoms with E-state index in [1.54, 1.807) is 0 Å². The van der Waals surface area contributed by atoms with Crippen LogP contribution in [0.25, 0.3) is 0 Å². The van der Waals surface area contributed by atoms with E-state index in [1.807, 2.05) is 30.3 Å². The summed E-state index contributed by atoms with van der Waals surface area (Å²) in [7, 11) is -3.45. The summed E-state index contributed by atoms with van der Waals surface area (Å²) in [5.74, 6) is -1.50. The molecule has 8 nitrogen and oxygen atoms in total. The zero-order valence-electron chi connectivity index (χ0n) is 16.8. The summed E-state index contributed by atoms with van der Waals surface area (Å²) < 4.78 is 31.3. The van der Waals surface area contributed by atoms with Crippen molar-refractivity contribution in [2.75, 3.05) is 6.61 Å². The Bertz CT molecular complexity index is 1100. The third-order valence-corrected chi connectivity index (χ3v) is 9.33. The Hall–Kier alpha value is -2.78. The normalized spacial score (nSPS) is 21.8. The molecule has 0 aromatic heterocycles. The number of carboxylic acid groups (broad SMARTS) is 1. The van der Waals surface area contributed by atoms with Gasteiger partial charge in [0.25, 0.3) is 5.69 Å². The highest BCUT2D eigenvalue weighted by Crippen LogP contribution is 2.52. The van der Waals surface area contributed by atoms with Crippen LogP contribution >= 0.6 is 0 Å². The summed E-state index contributed by atoms with van der Waals surface area (Å²) in [5, 5.41) is 19.9. The number of nitro benzene ring substituents is 1. The molecule has 31 heavy (non-hydrogen) atoms. The number of nitro groups is 1. The van der Waals surface area contributed by atoms with Crippen molar-refractivity contribution in [3.05, 3.63) is 75.3 Å². The maximum absolute atomic E-state index is 13.2. The Labute approximate surface area is 179 Å². The first kappa shape index (κ1) is 21.5. The highest BCUT2D eigenvalue weighted by atomic mass is 32.2. The Morgan fingerprint density at radius 1 is 1.16 bits per heavy atom. The van der Waals surface area contributed by atoms with Crippen molar-refractivity contribution < 1.29 is 28.0 Å². The average molecular weight is 445 g/mol. The molecule has 2 aromatic carbocycles. The molecular formula is C22H23NO7S. The van der Waals surface area contributed by atoms with Gasteiger partial charge in [-0.2, -0.15) is 0 Å². The number of carbonyl (C=O) groups is 1. The van der Waals surface area contributed by atoms with Crippen LogP contribution in [0.5, 0.6) is 0 Å². The maximum Gasteiger partial charge on any atom is 0.335 e. The van der Waals surface area contributed by atoms with E-state index in [4.69, 9.17) is 4.74 Å². The predicted molar refractivity (Wildman–Crippen MR) is 113 cm³/mol. The predicted octanol–water partition coefficient (Wildman–Crippen LogP) is 3.70. The van der Waals surface area contributed by atoms with E-state index in [-0.39, 0.29) is 36.6 Å². The zero-order valence-corrected chi connectivity index (χ0v) is 17.6. The van der Waals surface area contributed by atoms with Gasteiger partial charge in [0.1, 0.15) is 0 Å². The fourth-order valence-corrected chi connectivity index (χ4v) is 6.80. The fourth-order valence-electron chi connectivity index (χ4n) is 4.20. The second kappa shape index (κ2) is 8.05. The number of aromatic carboxylic acids is 1. The first-order valence-electron chi connectivity index (χ1n) is 10.1. The molecule has 0 radical (unpaired) electrons. The molecule has 9 heteroatoms. The average Bonchev–Trinajstić information content (AvgIpc) is 3.49. The SMILES string of the molecule is O=C(O)c1ccc([N+](=O)[O-])cc1C1CC(S(=O)(=O)C2(COCc3ccccc3)CC2)C1. The number of benzene rings is 2. The minimum Gasteiger partial charge on any atom is -0.478 e. The fraction of sp³-hybridized carbons (Fsp3) is 0.409. The lowest BCUT2D eigenvalue weighted by Gasteiger charge is -2.38. The minimum atomic E-state index is -3.45. The highest BCUT2D eigenvalue weighted by Gasteiger charge is 2.59. The molecule has 0 unspecified atom stereocenters. The molecule has 0 saturated heterocycles. The van der Waals surface area contributed by atoms with Crippen LogP contribution in [0.3, 0.4) is 0 Å². The summed E-state index contributed by atoms with van der Waals surface area (Å²) in [4.78, 5) is 22.0. The Balaban J connectivity index is 1.43. The second-order valence-corrected chi connectivity index (χ2v) is 11.0. The second-order valence-electron chi connectivity index (χ2n) is 8.33. The van der Waals surface area contributed by atoms with Crippen LogP contribution in [0.2, 0.25) is 0 Å². The van der Waals surface area contributed by atoms with Crippen LogP contribution in [-0.2, 0) is 21.2 Å². The lowest BCUT2D eigenvalue weighted by molar-refractivity contribution is -0.384. The molecule has 0 spiro atoms. The van der Waals surface area contributed by atoms with Crippen LogP contribution in [0.4, 0.5) is 5.69 Å². The molecular weight excluding hydrogens is 422 g/mol. The number of rotatable bonds is 9. The van der Waals surface area contributed by atoms with E-state index in [1.165, 1.54) is 12.1 Å².